The van der Waals surface area contributed by atoms with E-state index in [0.717, 1.165) is 35.8 Å². The highest BCUT2D eigenvalue weighted by Crippen LogP contribution is 2.20. The number of aryl methyl sites for hydroxylation is 1. The fourth-order valence-corrected chi connectivity index (χ4v) is 3.18. The van der Waals surface area contributed by atoms with Crippen molar-refractivity contribution in [3.05, 3.63) is 54.0 Å². The van der Waals surface area contributed by atoms with Gasteiger partial charge in [-0.15, -0.1) is 0 Å². The quantitative estimate of drug-likeness (QED) is 0.786. The van der Waals surface area contributed by atoms with Crippen LogP contribution in [0.2, 0.25) is 0 Å². The fourth-order valence-electron chi connectivity index (χ4n) is 3.18. The van der Waals surface area contributed by atoms with Crippen LogP contribution < -0.4 is 4.90 Å². The van der Waals surface area contributed by atoms with E-state index >= 15 is 0 Å². The lowest BCUT2D eigenvalue weighted by atomic mass is 10.1. The van der Waals surface area contributed by atoms with Gasteiger partial charge in [-0.3, -0.25) is 4.79 Å². The molecule has 2 aromatic heterocycles. The van der Waals surface area contributed by atoms with Gasteiger partial charge >= 0.3 is 0 Å². The van der Waals surface area contributed by atoms with Crippen molar-refractivity contribution in [2.45, 2.75) is 6.92 Å². The minimum absolute atomic E-state index is 0.0489. The number of rotatable bonds is 2. The largest absolute Gasteiger partial charge is 0.353 e. The molecule has 0 aliphatic carbocycles. The van der Waals surface area contributed by atoms with Gasteiger partial charge in [0.25, 0.3) is 5.91 Å². The van der Waals surface area contributed by atoms with Crippen molar-refractivity contribution < 1.29 is 4.79 Å². The van der Waals surface area contributed by atoms with Gasteiger partial charge in [0, 0.05) is 32.4 Å². The van der Waals surface area contributed by atoms with Gasteiger partial charge in [-0.05, 0) is 31.2 Å². The van der Waals surface area contributed by atoms with Crippen LogP contribution in [0.25, 0.3) is 11.0 Å². The highest BCUT2D eigenvalue weighted by molar-refractivity contribution is 6.05. The predicted molar refractivity (Wildman–Crippen MR) is 93.2 cm³/mol. The van der Waals surface area contributed by atoms with Gasteiger partial charge in [-0.2, -0.15) is 0 Å². The van der Waals surface area contributed by atoms with Gasteiger partial charge in [0.1, 0.15) is 17.2 Å². The average Bonchev–Trinajstić information content (AvgIpc) is 3.02. The molecule has 24 heavy (non-hydrogen) atoms. The van der Waals surface area contributed by atoms with Gasteiger partial charge in [-0.1, -0.05) is 12.1 Å². The zero-order valence-corrected chi connectivity index (χ0v) is 13.6. The Bertz CT molecular complexity index is 866. The van der Waals surface area contributed by atoms with Gasteiger partial charge in [0.15, 0.2) is 0 Å². The molecule has 1 aliphatic heterocycles. The maximum absolute atomic E-state index is 12.9. The Balaban J connectivity index is 1.52. The molecule has 1 aliphatic rings. The molecular weight excluding hydrogens is 302 g/mol. The number of carbonyl (C=O) groups excluding carboxylic acids is 1. The lowest BCUT2D eigenvalue weighted by molar-refractivity contribution is 0.0748. The molecule has 6 nitrogen and oxygen atoms in total. The molecular formula is C18H19N5O. The molecule has 0 radical (unpaired) electrons. The van der Waals surface area contributed by atoms with E-state index in [0.29, 0.717) is 18.7 Å². The van der Waals surface area contributed by atoms with Crippen LogP contribution in [-0.2, 0) is 0 Å². The van der Waals surface area contributed by atoms with E-state index in [1.165, 1.54) is 0 Å². The highest BCUT2D eigenvalue weighted by atomic mass is 16.2. The third-order valence-electron chi connectivity index (χ3n) is 4.40. The van der Waals surface area contributed by atoms with Gasteiger partial charge in [-0.25, -0.2) is 9.97 Å². The van der Waals surface area contributed by atoms with Crippen molar-refractivity contribution >= 4 is 22.8 Å². The van der Waals surface area contributed by atoms with Crippen molar-refractivity contribution in [2.75, 3.05) is 31.1 Å². The van der Waals surface area contributed by atoms with Crippen LogP contribution in [0, 0.1) is 6.92 Å². The molecule has 3 aromatic rings. The molecule has 1 fully saturated rings. The van der Waals surface area contributed by atoms with Crippen molar-refractivity contribution in [1.82, 2.24) is 19.9 Å². The van der Waals surface area contributed by atoms with E-state index < -0.39 is 0 Å². The highest BCUT2D eigenvalue weighted by Gasteiger charge is 2.24. The summed E-state index contributed by atoms with van der Waals surface area (Å²) >= 11 is 0. The first-order valence-corrected chi connectivity index (χ1v) is 8.13. The molecule has 1 N–H and O–H groups in total. The number of amides is 1. The number of pyridine rings is 1. The number of aromatic amines is 1. The Labute approximate surface area is 140 Å². The van der Waals surface area contributed by atoms with Crippen LogP contribution in [0.4, 0.5) is 5.82 Å². The monoisotopic (exact) mass is 321 g/mol. The van der Waals surface area contributed by atoms with E-state index in [9.17, 15) is 4.79 Å². The van der Waals surface area contributed by atoms with Crippen LogP contribution in [-0.4, -0.2) is 51.9 Å². The minimum atomic E-state index is 0.0489. The Kier molecular flexibility index (Phi) is 3.65. The predicted octanol–water partition coefficient (Wildman–Crippen LogP) is 2.23. The molecule has 0 atom stereocenters. The topological polar surface area (TPSA) is 65.1 Å². The minimum Gasteiger partial charge on any atom is -0.353 e. The summed E-state index contributed by atoms with van der Waals surface area (Å²) in [5.74, 6) is 1.84. The first-order valence-electron chi connectivity index (χ1n) is 8.13. The number of benzene rings is 1. The number of imidazole rings is 1. The molecule has 0 bridgehead atoms. The van der Waals surface area contributed by atoms with Gasteiger partial charge in [0.05, 0.1) is 11.1 Å². The van der Waals surface area contributed by atoms with E-state index in [2.05, 4.69) is 19.9 Å². The van der Waals surface area contributed by atoms with Gasteiger partial charge < -0.3 is 14.8 Å². The molecule has 1 amide bonds. The summed E-state index contributed by atoms with van der Waals surface area (Å²) in [6, 6.07) is 11.6. The van der Waals surface area contributed by atoms with Gasteiger partial charge in [0.2, 0.25) is 0 Å². The number of para-hydroxylation sites is 1. The standard InChI is InChI=1S/C18H19N5O/c1-13-20-15-6-4-5-14(17(15)21-13)18(24)23-11-9-22(10-12-23)16-7-2-3-8-19-16/h2-8H,9-12H2,1H3,(H,20,21). The van der Waals surface area contributed by atoms with Crippen LogP contribution in [0.5, 0.6) is 0 Å². The summed E-state index contributed by atoms with van der Waals surface area (Å²) < 4.78 is 0. The van der Waals surface area contributed by atoms with Crippen molar-refractivity contribution in [1.29, 1.82) is 0 Å². The second-order valence-electron chi connectivity index (χ2n) is 5.99. The molecule has 4 rings (SSSR count). The van der Waals surface area contributed by atoms with Crippen LogP contribution in [0.3, 0.4) is 0 Å². The SMILES string of the molecule is Cc1nc2c(C(=O)N3CCN(c4ccccn4)CC3)cccc2[nH]1. The van der Waals surface area contributed by atoms with E-state index in [-0.39, 0.29) is 5.91 Å². The van der Waals surface area contributed by atoms with E-state index in [1.54, 1.807) is 6.20 Å². The normalized spacial score (nSPS) is 15.0. The average molecular weight is 321 g/mol. The summed E-state index contributed by atoms with van der Waals surface area (Å²) in [5.41, 5.74) is 2.33. The number of aromatic nitrogens is 3. The number of nitrogens with one attached hydrogen (secondary N) is 1. The Morgan fingerprint density at radius 3 is 2.67 bits per heavy atom. The Morgan fingerprint density at radius 2 is 1.92 bits per heavy atom. The number of anilines is 1. The number of fused-ring (bicyclic) bond motifs is 1. The van der Waals surface area contributed by atoms with Crippen LogP contribution >= 0.6 is 0 Å². The zero-order valence-electron chi connectivity index (χ0n) is 13.6. The Hall–Kier alpha value is -2.89. The van der Waals surface area contributed by atoms with Crippen molar-refractivity contribution in [2.24, 2.45) is 0 Å². The molecule has 3 heterocycles. The molecule has 6 heteroatoms. The second kappa shape index (κ2) is 5.96. The second-order valence-corrected chi connectivity index (χ2v) is 5.99. The smallest absolute Gasteiger partial charge is 0.256 e. The first kappa shape index (κ1) is 14.7. The lowest BCUT2D eigenvalue weighted by Crippen LogP contribution is -2.49. The lowest BCUT2D eigenvalue weighted by Gasteiger charge is -2.35. The molecule has 122 valence electrons. The summed E-state index contributed by atoms with van der Waals surface area (Å²) in [7, 11) is 0. The molecule has 0 saturated carbocycles. The summed E-state index contributed by atoms with van der Waals surface area (Å²) in [6.07, 6.45) is 1.80. The number of H-pyrrole nitrogens is 1. The van der Waals surface area contributed by atoms with Crippen molar-refractivity contribution in [3.63, 3.8) is 0 Å². The zero-order chi connectivity index (χ0) is 16.5. The van der Waals surface area contributed by atoms with Crippen LogP contribution in [0.15, 0.2) is 42.6 Å². The fraction of sp³-hybridized carbons (Fsp3) is 0.278. The molecule has 1 aromatic carbocycles. The number of nitrogens with zero attached hydrogens (tertiary/aromatic N) is 4. The maximum atomic E-state index is 12.9. The first-order chi connectivity index (χ1) is 11.7. The number of hydrogen-bond donors (Lipinski definition) is 1. The number of hydrogen-bond acceptors (Lipinski definition) is 4. The third-order valence-corrected chi connectivity index (χ3v) is 4.40. The van der Waals surface area contributed by atoms with E-state index in [1.807, 2.05) is 48.2 Å². The van der Waals surface area contributed by atoms with Crippen molar-refractivity contribution in [3.8, 4) is 0 Å². The van der Waals surface area contributed by atoms with E-state index in [4.69, 9.17) is 0 Å². The molecule has 0 unspecified atom stereocenters. The molecule has 1 saturated heterocycles. The molecule has 0 spiro atoms. The summed E-state index contributed by atoms with van der Waals surface area (Å²) in [4.78, 5) is 29.1. The number of piperazine rings is 1. The number of carbonyl (C=O) groups is 1. The third kappa shape index (κ3) is 2.60. The Morgan fingerprint density at radius 1 is 1.08 bits per heavy atom. The summed E-state index contributed by atoms with van der Waals surface area (Å²) in [5, 5.41) is 0. The maximum Gasteiger partial charge on any atom is 0.256 e. The van der Waals surface area contributed by atoms with Crippen LogP contribution in [0.1, 0.15) is 16.2 Å². The summed E-state index contributed by atoms with van der Waals surface area (Å²) in [6.45, 7) is 4.86.